The molecule has 0 saturated carbocycles. The normalized spacial score (nSPS) is 11.9. The van der Waals surface area contributed by atoms with Gasteiger partial charge < -0.3 is 19.8 Å². The highest BCUT2D eigenvalue weighted by molar-refractivity contribution is 5.92. The van der Waals surface area contributed by atoms with Gasteiger partial charge in [-0.1, -0.05) is 44.2 Å². The number of fused-ring (bicyclic) bond motifs is 1. The minimum absolute atomic E-state index is 0.243. The quantitative estimate of drug-likeness (QED) is 0.543. The van der Waals surface area contributed by atoms with Gasteiger partial charge in [0.15, 0.2) is 6.61 Å². The van der Waals surface area contributed by atoms with Crippen molar-refractivity contribution in [3.05, 3.63) is 71.4 Å². The molecule has 0 unspecified atom stereocenters. The van der Waals surface area contributed by atoms with Crippen molar-refractivity contribution in [2.75, 3.05) is 13.7 Å². The summed E-state index contributed by atoms with van der Waals surface area (Å²) in [5.41, 5.74) is 3.27. The number of amides is 1. The fourth-order valence-corrected chi connectivity index (χ4v) is 3.31. The Morgan fingerprint density at radius 1 is 1.03 bits per heavy atom. The molecule has 2 aromatic carbocycles. The van der Waals surface area contributed by atoms with E-state index in [4.69, 9.17) is 9.47 Å². The maximum Gasteiger partial charge on any atom is 0.338 e. The zero-order valence-corrected chi connectivity index (χ0v) is 17.8. The van der Waals surface area contributed by atoms with Gasteiger partial charge in [0.1, 0.15) is 6.04 Å². The molecule has 1 heterocycles. The maximum atomic E-state index is 12.3. The zero-order chi connectivity index (χ0) is 22.4. The molecule has 162 valence electrons. The number of rotatable bonds is 8. The maximum absolute atomic E-state index is 12.3. The predicted molar refractivity (Wildman–Crippen MR) is 117 cm³/mol. The van der Waals surface area contributed by atoms with Crippen LogP contribution in [0, 0.1) is 0 Å². The standard InChI is InChI=1S/C24H26N2O5/c1-15(2)16-8-10-17(11-9-16)23(28)31-14-22(27)26-21(24(29)30-3)12-18-13-25-20-7-5-4-6-19(18)20/h4-11,13,15,21,25H,12,14H2,1-3H3,(H,26,27)/t21-/m0/s1. The summed E-state index contributed by atoms with van der Waals surface area (Å²) in [5, 5.41) is 3.56. The van der Waals surface area contributed by atoms with Crippen LogP contribution in [0.15, 0.2) is 54.7 Å². The van der Waals surface area contributed by atoms with E-state index in [1.54, 1.807) is 18.3 Å². The van der Waals surface area contributed by atoms with Crippen LogP contribution in [0.25, 0.3) is 10.9 Å². The summed E-state index contributed by atoms with van der Waals surface area (Å²) >= 11 is 0. The van der Waals surface area contributed by atoms with Crippen LogP contribution in [-0.4, -0.2) is 42.6 Å². The molecule has 0 bridgehead atoms. The summed E-state index contributed by atoms with van der Waals surface area (Å²) in [6.07, 6.45) is 2.04. The van der Waals surface area contributed by atoms with Crippen molar-refractivity contribution in [1.29, 1.82) is 0 Å². The minimum Gasteiger partial charge on any atom is -0.467 e. The number of aromatic nitrogens is 1. The van der Waals surface area contributed by atoms with Crippen molar-refractivity contribution in [1.82, 2.24) is 10.3 Å². The van der Waals surface area contributed by atoms with Gasteiger partial charge in [0.2, 0.25) is 0 Å². The van der Waals surface area contributed by atoms with Crippen molar-refractivity contribution >= 4 is 28.7 Å². The molecule has 3 aromatic rings. The molecule has 0 saturated heterocycles. The number of esters is 2. The second kappa shape index (κ2) is 9.93. The molecule has 1 amide bonds. The first-order chi connectivity index (χ1) is 14.9. The van der Waals surface area contributed by atoms with Gasteiger partial charge in [0.05, 0.1) is 12.7 Å². The molecule has 7 heteroatoms. The molecular formula is C24H26N2O5. The van der Waals surface area contributed by atoms with E-state index in [0.29, 0.717) is 11.5 Å². The molecule has 0 aliphatic heterocycles. The van der Waals surface area contributed by atoms with Crippen molar-refractivity contribution < 1.29 is 23.9 Å². The van der Waals surface area contributed by atoms with E-state index in [1.807, 2.05) is 36.4 Å². The average molecular weight is 422 g/mol. The number of para-hydroxylation sites is 1. The van der Waals surface area contributed by atoms with Crippen LogP contribution in [0.3, 0.4) is 0 Å². The highest BCUT2D eigenvalue weighted by Crippen LogP contribution is 2.19. The van der Waals surface area contributed by atoms with E-state index < -0.39 is 30.5 Å². The summed E-state index contributed by atoms with van der Waals surface area (Å²) in [6, 6.07) is 13.8. The van der Waals surface area contributed by atoms with Crippen molar-refractivity contribution in [2.24, 2.45) is 0 Å². The molecule has 2 N–H and O–H groups in total. The first kappa shape index (κ1) is 22.1. The fraction of sp³-hybridized carbons (Fsp3) is 0.292. The van der Waals surface area contributed by atoms with Crippen LogP contribution in [0.4, 0.5) is 0 Å². The lowest BCUT2D eigenvalue weighted by atomic mass is 10.0. The predicted octanol–water partition coefficient (Wildman–Crippen LogP) is 3.35. The van der Waals surface area contributed by atoms with Gasteiger partial charge in [-0.05, 0) is 35.2 Å². The monoisotopic (exact) mass is 422 g/mol. The lowest BCUT2D eigenvalue weighted by Gasteiger charge is -2.16. The molecule has 0 radical (unpaired) electrons. The highest BCUT2D eigenvalue weighted by Gasteiger charge is 2.24. The van der Waals surface area contributed by atoms with Gasteiger partial charge >= 0.3 is 11.9 Å². The van der Waals surface area contributed by atoms with Crippen molar-refractivity contribution in [3.63, 3.8) is 0 Å². The van der Waals surface area contributed by atoms with Crippen LogP contribution in [-0.2, 0) is 25.5 Å². The van der Waals surface area contributed by atoms with Gasteiger partial charge in [-0.3, -0.25) is 4.79 Å². The topological polar surface area (TPSA) is 97.5 Å². The summed E-state index contributed by atoms with van der Waals surface area (Å²) < 4.78 is 9.93. The third-order valence-corrected chi connectivity index (χ3v) is 5.07. The summed E-state index contributed by atoms with van der Waals surface area (Å²) in [7, 11) is 1.26. The van der Waals surface area contributed by atoms with E-state index in [-0.39, 0.29) is 6.42 Å². The lowest BCUT2D eigenvalue weighted by molar-refractivity contribution is -0.145. The largest absolute Gasteiger partial charge is 0.467 e. The fourth-order valence-electron chi connectivity index (χ4n) is 3.31. The Labute approximate surface area is 180 Å². The number of carbonyl (C=O) groups is 3. The number of ether oxygens (including phenoxy) is 2. The second-order valence-electron chi connectivity index (χ2n) is 7.56. The Balaban J connectivity index is 1.60. The molecule has 1 atom stereocenters. The third-order valence-electron chi connectivity index (χ3n) is 5.07. The van der Waals surface area contributed by atoms with Crippen molar-refractivity contribution in [2.45, 2.75) is 32.2 Å². The Bertz CT molecular complexity index is 1070. The molecule has 0 aliphatic carbocycles. The van der Waals surface area contributed by atoms with E-state index in [0.717, 1.165) is 22.0 Å². The van der Waals surface area contributed by atoms with Gasteiger partial charge in [0, 0.05) is 23.5 Å². The zero-order valence-electron chi connectivity index (χ0n) is 17.8. The van der Waals surface area contributed by atoms with Crippen molar-refractivity contribution in [3.8, 4) is 0 Å². The van der Waals surface area contributed by atoms with Crippen LogP contribution in [0.5, 0.6) is 0 Å². The minimum atomic E-state index is -0.902. The second-order valence-corrected chi connectivity index (χ2v) is 7.56. The van der Waals surface area contributed by atoms with Gasteiger partial charge in [0.25, 0.3) is 5.91 Å². The highest BCUT2D eigenvalue weighted by atomic mass is 16.5. The van der Waals surface area contributed by atoms with Crippen LogP contribution in [0.2, 0.25) is 0 Å². The molecule has 0 spiro atoms. The number of H-pyrrole nitrogens is 1. The molecule has 7 nitrogen and oxygen atoms in total. The van der Waals surface area contributed by atoms with Crippen LogP contribution < -0.4 is 5.32 Å². The third kappa shape index (κ3) is 5.51. The Hall–Kier alpha value is -3.61. The SMILES string of the molecule is COC(=O)[C@H](Cc1c[nH]c2ccccc12)NC(=O)COC(=O)c1ccc(C(C)C)cc1. The van der Waals surface area contributed by atoms with Gasteiger partial charge in [-0.2, -0.15) is 0 Å². The first-order valence-corrected chi connectivity index (χ1v) is 10.1. The number of aromatic amines is 1. The van der Waals surface area contributed by atoms with E-state index >= 15 is 0 Å². The van der Waals surface area contributed by atoms with Gasteiger partial charge in [-0.15, -0.1) is 0 Å². The van der Waals surface area contributed by atoms with Gasteiger partial charge in [-0.25, -0.2) is 9.59 Å². The molecular weight excluding hydrogens is 396 g/mol. The number of hydrogen-bond donors (Lipinski definition) is 2. The molecule has 31 heavy (non-hydrogen) atoms. The smallest absolute Gasteiger partial charge is 0.338 e. The number of methoxy groups -OCH3 is 1. The summed E-state index contributed by atoms with van der Waals surface area (Å²) in [5.74, 6) is -1.41. The molecule has 0 fully saturated rings. The number of carbonyl (C=O) groups excluding carboxylic acids is 3. The van der Waals surface area contributed by atoms with Crippen LogP contribution in [0.1, 0.15) is 41.3 Å². The van der Waals surface area contributed by atoms with E-state index in [2.05, 4.69) is 24.1 Å². The van der Waals surface area contributed by atoms with E-state index in [9.17, 15) is 14.4 Å². The number of benzene rings is 2. The van der Waals surface area contributed by atoms with Crippen LogP contribution >= 0.6 is 0 Å². The first-order valence-electron chi connectivity index (χ1n) is 10.1. The summed E-state index contributed by atoms with van der Waals surface area (Å²) in [6.45, 7) is 3.63. The Morgan fingerprint density at radius 3 is 2.42 bits per heavy atom. The Morgan fingerprint density at radius 2 is 1.74 bits per heavy atom. The molecule has 1 aromatic heterocycles. The Kier molecular flexibility index (Phi) is 7.07. The lowest BCUT2D eigenvalue weighted by Crippen LogP contribution is -2.44. The number of hydrogen-bond acceptors (Lipinski definition) is 5. The number of nitrogens with one attached hydrogen (secondary N) is 2. The molecule has 3 rings (SSSR count). The average Bonchev–Trinajstić information content (AvgIpc) is 3.19. The summed E-state index contributed by atoms with van der Waals surface area (Å²) in [4.78, 5) is 39.9. The van der Waals surface area contributed by atoms with E-state index in [1.165, 1.54) is 7.11 Å². The molecule has 0 aliphatic rings.